The van der Waals surface area contributed by atoms with E-state index >= 15 is 0 Å². The van der Waals surface area contributed by atoms with Crippen LogP contribution in [0.5, 0.6) is 11.5 Å². The van der Waals surface area contributed by atoms with Crippen LogP contribution in [0.1, 0.15) is 15.9 Å². The van der Waals surface area contributed by atoms with Crippen molar-refractivity contribution in [1.82, 2.24) is 5.43 Å². The van der Waals surface area contributed by atoms with Crippen molar-refractivity contribution in [3.8, 4) is 11.5 Å². The minimum atomic E-state index is -0.596. The molecule has 0 spiro atoms. The Morgan fingerprint density at radius 3 is 2.58 bits per heavy atom. The van der Waals surface area contributed by atoms with Gasteiger partial charge in [0.1, 0.15) is 23.7 Å². The zero-order chi connectivity index (χ0) is 13.7. The Balaban J connectivity index is 2.21. The summed E-state index contributed by atoms with van der Waals surface area (Å²) < 4.78 is 5.55. The van der Waals surface area contributed by atoms with Gasteiger partial charge in [-0.1, -0.05) is 36.4 Å². The van der Waals surface area contributed by atoms with Gasteiger partial charge in [0.2, 0.25) is 0 Å². The molecule has 2 aromatic rings. The van der Waals surface area contributed by atoms with Gasteiger partial charge in [0.15, 0.2) is 0 Å². The van der Waals surface area contributed by atoms with Gasteiger partial charge in [-0.25, -0.2) is 5.84 Å². The van der Waals surface area contributed by atoms with Crippen LogP contribution in [-0.2, 0) is 6.61 Å². The van der Waals surface area contributed by atoms with Crippen molar-refractivity contribution in [2.24, 2.45) is 5.84 Å². The van der Waals surface area contributed by atoms with Crippen LogP contribution in [0.15, 0.2) is 48.5 Å². The van der Waals surface area contributed by atoms with Crippen molar-refractivity contribution in [2.45, 2.75) is 6.61 Å². The molecule has 0 unspecified atom stereocenters. The molecule has 0 aliphatic carbocycles. The lowest BCUT2D eigenvalue weighted by Crippen LogP contribution is -2.30. The first kappa shape index (κ1) is 12.9. The summed E-state index contributed by atoms with van der Waals surface area (Å²) in [6, 6.07) is 14.1. The number of ether oxygens (including phenoxy) is 1. The number of phenolic OH excluding ortho intramolecular Hbond substituents is 1. The molecule has 0 heterocycles. The SMILES string of the molecule is NNC(=O)c1c(O)cccc1OCc1ccccc1. The summed E-state index contributed by atoms with van der Waals surface area (Å²) >= 11 is 0. The van der Waals surface area contributed by atoms with Crippen LogP contribution in [0.2, 0.25) is 0 Å². The van der Waals surface area contributed by atoms with Gasteiger partial charge in [0, 0.05) is 0 Å². The van der Waals surface area contributed by atoms with E-state index in [0.717, 1.165) is 5.56 Å². The molecule has 4 N–H and O–H groups in total. The average Bonchev–Trinajstić information content (AvgIpc) is 2.45. The minimum absolute atomic E-state index is 0.0286. The number of carbonyl (C=O) groups is 1. The van der Waals surface area contributed by atoms with Gasteiger partial charge in [-0.15, -0.1) is 0 Å². The first-order chi connectivity index (χ1) is 9.22. The van der Waals surface area contributed by atoms with E-state index in [1.165, 1.54) is 6.07 Å². The number of aromatic hydroxyl groups is 1. The molecule has 98 valence electrons. The zero-order valence-corrected chi connectivity index (χ0v) is 10.2. The Morgan fingerprint density at radius 2 is 1.89 bits per heavy atom. The van der Waals surface area contributed by atoms with E-state index < -0.39 is 5.91 Å². The molecule has 0 fully saturated rings. The number of nitrogen functional groups attached to an aromatic ring is 1. The maximum atomic E-state index is 11.6. The van der Waals surface area contributed by atoms with Crippen LogP contribution in [0, 0.1) is 0 Å². The predicted molar refractivity (Wildman–Crippen MR) is 70.5 cm³/mol. The molecule has 0 aromatic heterocycles. The normalized spacial score (nSPS) is 9.95. The van der Waals surface area contributed by atoms with Crippen molar-refractivity contribution < 1.29 is 14.6 Å². The second-order valence-electron chi connectivity index (χ2n) is 3.90. The molecule has 0 bridgehead atoms. The Hall–Kier alpha value is -2.53. The van der Waals surface area contributed by atoms with Crippen molar-refractivity contribution in [2.75, 3.05) is 0 Å². The van der Waals surface area contributed by atoms with Gasteiger partial charge in [-0.3, -0.25) is 10.2 Å². The number of nitrogens with one attached hydrogen (secondary N) is 1. The molecule has 19 heavy (non-hydrogen) atoms. The highest BCUT2D eigenvalue weighted by molar-refractivity contribution is 5.99. The standard InChI is InChI=1S/C14H14N2O3/c15-16-14(18)13-11(17)7-4-8-12(13)19-9-10-5-2-1-3-6-10/h1-8,17H,9,15H2,(H,16,18). The molecule has 0 saturated heterocycles. The van der Waals surface area contributed by atoms with Gasteiger partial charge in [0.05, 0.1) is 0 Å². The third kappa shape index (κ3) is 3.02. The maximum Gasteiger partial charge on any atom is 0.272 e. The van der Waals surface area contributed by atoms with Crippen LogP contribution in [0.25, 0.3) is 0 Å². The monoisotopic (exact) mass is 258 g/mol. The Morgan fingerprint density at radius 1 is 1.16 bits per heavy atom. The van der Waals surface area contributed by atoms with E-state index in [-0.39, 0.29) is 17.1 Å². The summed E-state index contributed by atoms with van der Waals surface area (Å²) in [5.74, 6) is 4.60. The molecule has 2 aromatic carbocycles. The van der Waals surface area contributed by atoms with Gasteiger partial charge < -0.3 is 9.84 Å². The molecular weight excluding hydrogens is 244 g/mol. The van der Waals surface area contributed by atoms with Gasteiger partial charge in [-0.05, 0) is 17.7 Å². The van der Waals surface area contributed by atoms with Crippen LogP contribution in [-0.4, -0.2) is 11.0 Å². The topological polar surface area (TPSA) is 84.6 Å². The fourth-order valence-corrected chi connectivity index (χ4v) is 1.68. The number of hydrazine groups is 1. The molecule has 0 aliphatic rings. The largest absolute Gasteiger partial charge is 0.507 e. The molecule has 2 rings (SSSR count). The molecule has 0 radical (unpaired) electrons. The van der Waals surface area contributed by atoms with Crippen LogP contribution < -0.4 is 16.0 Å². The number of hydrogen-bond donors (Lipinski definition) is 3. The number of rotatable bonds is 4. The number of amides is 1. The van der Waals surface area contributed by atoms with Crippen molar-refractivity contribution >= 4 is 5.91 Å². The average molecular weight is 258 g/mol. The highest BCUT2D eigenvalue weighted by Gasteiger charge is 2.16. The lowest BCUT2D eigenvalue weighted by Gasteiger charge is -2.11. The molecule has 5 nitrogen and oxygen atoms in total. The summed E-state index contributed by atoms with van der Waals surface area (Å²) in [7, 11) is 0. The Bertz CT molecular complexity index is 570. The fourth-order valence-electron chi connectivity index (χ4n) is 1.68. The fraction of sp³-hybridized carbons (Fsp3) is 0.0714. The summed E-state index contributed by atoms with van der Waals surface area (Å²) in [5, 5.41) is 9.69. The van der Waals surface area contributed by atoms with Gasteiger partial charge >= 0.3 is 0 Å². The summed E-state index contributed by atoms with van der Waals surface area (Å²) in [6.07, 6.45) is 0. The van der Waals surface area contributed by atoms with E-state index in [2.05, 4.69) is 0 Å². The third-order valence-electron chi connectivity index (χ3n) is 2.60. The number of hydrogen-bond acceptors (Lipinski definition) is 4. The van der Waals surface area contributed by atoms with E-state index in [1.807, 2.05) is 35.8 Å². The first-order valence-electron chi connectivity index (χ1n) is 5.72. The zero-order valence-electron chi connectivity index (χ0n) is 10.2. The minimum Gasteiger partial charge on any atom is -0.507 e. The lowest BCUT2D eigenvalue weighted by atomic mass is 10.1. The predicted octanol–water partition coefficient (Wildman–Crippen LogP) is 1.57. The smallest absolute Gasteiger partial charge is 0.272 e. The van der Waals surface area contributed by atoms with E-state index in [4.69, 9.17) is 10.6 Å². The Labute approximate surface area is 110 Å². The van der Waals surface area contributed by atoms with E-state index in [1.54, 1.807) is 12.1 Å². The molecule has 1 amide bonds. The molecular formula is C14H14N2O3. The molecule has 5 heteroatoms. The van der Waals surface area contributed by atoms with E-state index in [0.29, 0.717) is 6.61 Å². The lowest BCUT2D eigenvalue weighted by molar-refractivity contribution is 0.0946. The van der Waals surface area contributed by atoms with Crippen LogP contribution in [0.3, 0.4) is 0 Å². The summed E-state index contributed by atoms with van der Waals surface area (Å²) in [5.41, 5.74) is 2.97. The quantitative estimate of drug-likeness (QED) is 0.441. The van der Waals surface area contributed by atoms with Crippen molar-refractivity contribution in [3.05, 3.63) is 59.7 Å². The molecule has 0 aliphatic heterocycles. The number of nitrogens with two attached hydrogens (primary N) is 1. The number of benzene rings is 2. The second kappa shape index (κ2) is 5.88. The maximum absolute atomic E-state index is 11.6. The molecule has 0 saturated carbocycles. The van der Waals surface area contributed by atoms with Gasteiger partial charge in [0.25, 0.3) is 5.91 Å². The van der Waals surface area contributed by atoms with E-state index in [9.17, 15) is 9.90 Å². The summed E-state index contributed by atoms with van der Waals surface area (Å²) in [6.45, 7) is 0.301. The van der Waals surface area contributed by atoms with Crippen molar-refractivity contribution in [1.29, 1.82) is 0 Å². The van der Waals surface area contributed by atoms with Crippen LogP contribution in [0.4, 0.5) is 0 Å². The van der Waals surface area contributed by atoms with Gasteiger partial charge in [-0.2, -0.15) is 0 Å². The summed E-state index contributed by atoms with van der Waals surface area (Å²) in [4.78, 5) is 11.6. The highest BCUT2D eigenvalue weighted by Crippen LogP contribution is 2.27. The number of phenols is 1. The Kier molecular flexibility index (Phi) is 4.00. The molecule has 0 atom stereocenters. The van der Waals surface area contributed by atoms with Crippen LogP contribution >= 0.6 is 0 Å². The second-order valence-corrected chi connectivity index (χ2v) is 3.90. The highest BCUT2D eigenvalue weighted by atomic mass is 16.5. The van der Waals surface area contributed by atoms with Crippen molar-refractivity contribution in [3.63, 3.8) is 0 Å². The third-order valence-corrected chi connectivity index (χ3v) is 2.60. The first-order valence-corrected chi connectivity index (χ1v) is 5.72. The number of carbonyl (C=O) groups excluding carboxylic acids is 1.